The number of carbonyl (C=O) groups excluding carboxylic acids is 2. The van der Waals surface area contributed by atoms with Gasteiger partial charge in [0.05, 0.1) is 25.4 Å². The lowest BCUT2D eigenvalue weighted by Gasteiger charge is -2.34. The Labute approximate surface area is 404 Å². The minimum atomic E-state index is -2.27. The van der Waals surface area contributed by atoms with Crippen LogP contribution in [0.1, 0.15) is 190 Å². The third-order valence-electron chi connectivity index (χ3n) is 15.4. The predicted molar refractivity (Wildman–Crippen MR) is 280 cm³/mol. The highest BCUT2D eigenvalue weighted by molar-refractivity contribution is 7.64. The van der Waals surface area contributed by atoms with E-state index < -0.39 is 20.3 Å². The first-order valence-corrected chi connectivity index (χ1v) is 30.8. The Hall–Kier alpha value is -3.60. The second-order valence-corrected chi connectivity index (χ2v) is 27.9. The van der Waals surface area contributed by atoms with Crippen LogP contribution in [0, 0.1) is 13.8 Å². The topological polar surface area (TPSA) is 92.8 Å². The van der Waals surface area contributed by atoms with Gasteiger partial charge < -0.3 is 28.2 Å². The van der Waals surface area contributed by atoms with Crippen molar-refractivity contribution >= 4 is 50.7 Å². The summed E-state index contributed by atoms with van der Waals surface area (Å²) in [5.74, 6) is 1.56. The van der Waals surface area contributed by atoms with Gasteiger partial charge in [0.2, 0.25) is 0 Å². The Morgan fingerprint density at radius 1 is 0.537 bits per heavy atom. The fourth-order valence-corrected chi connectivity index (χ4v) is 17.5. The molecule has 0 aliphatic carbocycles. The molecule has 0 aromatic heterocycles. The summed E-state index contributed by atoms with van der Waals surface area (Å²) in [5.41, 5.74) is 7.99. The average molecular weight is 955 g/mol. The van der Waals surface area contributed by atoms with Crippen molar-refractivity contribution in [2.75, 3.05) is 37.0 Å². The zero-order valence-electron chi connectivity index (χ0n) is 42.6. The molecule has 0 saturated carbocycles. The maximum Gasteiger partial charge on any atom is 0.715 e. The number of aryl methyl sites for hydroxylation is 2. The van der Waals surface area contributed by atoms with Gasteiger partial charge >= 0.3 is 6.03 Å². The van der Waals surface area contributed by atoms with Gasteiger partial charge in [0, 0.05) is 61.9 Å². The molecular formula is C57H84N2O6P2+2. The van der Waals surface area contributed by atoms with E-state index in [0.717, 1.165) is 197 Å². The van der Waals surface area contributed by atoms with Crippen LogP contribution in [0.4, 0.5) is 11.4 Å². The summed E-state index contributed by atoms with van der Waals surface area (Å²) in [6.07, 6.45) is 27.8. The van der Waals surface area contributed by atoms with Crippen molar-refractivity contribution in [3.05, 3.63) is 81.9 Å². The van der Waals surface area contributed by atoms with Gasteiger partial charge in [-0.3, -0.25) is 0 Å². The lowest BCUT2D eigenvalue weighted by atomic mass is 9.73. The highest BCUT2D eigenvalue weighted by Crippen LogP contribution is 2.54. The molecule has 0 N–H and O–H groups in total. The molecule has 10 heteroatoms. The van der Waals surface area contributed by atoms with Crippen LogP contribution in [0.2, 0.25) is 0 Å². The van der Waals surface area contributed by atoms with E-state index >= 15 is 0 Å². The summed E-state index contributed by atoms with van der Waals surface area (Å²) >= 11 is 0. The van der Waals surface area contributed by atoms with Crippen molar-refractivity contribution in [1.29, 1.82) is 0 Å². The van der Waals surface area contributed by atoms with Crippen LogP contribution in [-0.2, 0) is 29.5 Å². The monoisotopic (exact) mass is 955 g/mol. The molecule has 1 unspecified atom stereocenters. The SMILES string of the molecule is CCCCP(=O)(CCCC)CCCC(C)(CCCP(=O)(CCCC)CCCC)c1cc(C)c2c(c1)C=[N+]1c3ccccc3[N+]3=Cc4cc(C(C)(CCCC=O)CCCC=O)cc(C)c4OC31O2. The summed E-state index contributed by atoms with van der Waals surface area (Å²) in [6, 6.07) is 16.2. The number of hydrogen-bond donors (Lipinski definition) is 0. The van der Waals surface area contributed by atoms with Gasteiger partial charge in [-0.25, -0.2) is 0 Å². The summed E-state index contributed by atoms with van der Waals surface area (Å²) in [4.78, 5) is 22.7. The standard InChI is InChI=1S/C57H84N2O6P2/c1-9-13-33-66(62,34-14-10-2)37-23-29-56(8,30-24-38-67(63,35-15-11-3)36-16-12-4)50-40-46(6)54-48(42-50)44-59-52-26-18-17-25-51(52)58-43-47-41-49(39-45(5)53(47)64-57(58,59)65-54)55(7,27-19-21-31-60)28-20-22-32-61/h17-18,25-26,31-32,39-44H,9-16,19-24,27-30,33-38H2,1-8H3/q+2. The Kier molecular flexibility index (Phi) is 18.4. The molecule has 3 aromatic carbocycles. The lowest BCUT2D eigenvalue weighted by molar-refractivity contribution is -0.831. The van der Waals surface area contributed by atoms with E-state index in [9.17, 15) is 18.7 Å². The summed E-state index contributed by atoms with van der Waals surface area (Å²) in [7, 11) is -4.53. The lowest BCUT2D eigenvalue weighted by Crippen LogP contribution is -2.59. The molecule has 6 rings (SSSR count). The van der Waals surface area contributed by atoms with Gasteiger partial charge in [-0.1, -0.05) is 91.5 Å². The zero-order chi connectivity index (χ0) is 48.3. The number of benzene rings is 3. The number of carbonyl (C=O) groups is 2. The van der Waals surface area contributed by atoms with Crippen molar-refractivity contribution in [2.45, 2.75) is 188 Å². The van der Waals surface area contributed by atoms with Crippen molar-refractivity contribution in [1.82, 2.24) is 0 Å². The van der Waals surface area contributed by atoms with Gasteiger partial charge in [0.25, 0.3) is 11.4 Å². The molecule has 0 fully saturated rings. The summed E-state index contributed by atoms with van der Waals surface area (Å²) in [6.45, 7) is 17.7. The molecule has 3 aliphatic rings. The Morgan fingerprint density at radius 2 is 0.881 bits per heavy atom. The van der Waals surface area contributed by atoms with E-state index in [2.05, 4.69) is 126 Å². The number of ether oxygens (including phenoxy) is 2. The third-order valence-corrected chi connectivity index (χ3v) is 22.2. The number of hydrogen-bond acceptors (Lipinski definition) is 6. The molecule has 366 valence electrons. The van der Waals surface area contributed by atoms with Crippen LogP contribution in [0.15, 0.2) is 48.5 Å². The first kappa shape index (κ1) is 52.8. The molecular weight excluding hydrogens is 871 g/mol. The molecule has 0 amide bonds. The molecule has 0 saturated heterocycles. The van der Waals surface area contributed by atoms with Crippen molar-refractivity contribution in [3.63, 3.8) is 0 Å². The highest BCUT2D eigenvalue weighted by atomic mass is 31.2. The molecule has 1 atom stereocenters. The number of fused-ring (bicyclic) bond motifs is 5. The van der Waals surface area contributed by atoms with Crippen LogP contribution in [0.25, 0.3) is 0 Å². The van der Waals surface area contributed by atoms with E-state index in [4.69, 9.17) is 9.47 Å². The minimum absolute atomic E-state index is 0.212. The quantitative estimate of drug-likeness (QED) is 0.0286. The smallest absolute Gasteiger partial charge is 0.340 e. The van der Waals surface area contributed by atoms with E-state index in [1.165, 1.54) is 11.1 Å². The maximum absolute atomic E-state index is 14.4. The van der Waals surface area contributed by atoms with E-state index in [0.29, 0.717) is 12.8 Å². The van der Waals surface area contributed by atoms with E-state index in [1.807, 2.05) is 0 Å². The number of nitrogens with zero attached hydrogens (tertiary/aromatic N) is 2. The van der Waals surface area contributed by atoms with Gasteiger partial charge in [-0.2, -0.15) is 0 Å². The van der Waals surface area contributed by atoms with Gasteiger partial charge in [0.15, 0.2) is 23.9 Å². The van der Waals surface area contributed by atoms with Crippen LogP contribution in [0.3, 0.4) is 0 Å². The molecule has 1 spiro atoms. The number of unbranched alkanes of at least 4 members (excludes halogenated alkanes) is 6. The predicted octanol–water partition coefficient (Wildman–Crippen LogP) is 15.0. The molecule has 67 heavy (non-hydrogen) atoms. The van der Waals surface area contributed by atoms with Gasteiger partial charge in [-0.05, 0) is 145 Å². The maximum atomic E-state index is 14.4. The minimum Gasteiger partial charge on any atom is -0.340 e. The first-order chi connectivity index (χ1) is 32.2. The fraction of sp³-hybridized carbons (Fsp3) is 0.614. The zero-order valence-corrected chi connectivity index (χ0v) is 44.4. The van der Waals surface area contributed by atoms with Crippen molar-refractivity contribution < 1.29 is 37.3 Å². The molecule has 0 bridgehead atoms. The Morgan fingerprint density at radius 3 is 1.22 bits per heavy atom. The summed E-state index contributed by atoms with van der Waals surface area (Å²) < 4.78 is 47.7. The Bertz CT molecular complexity index is 2290. The second kappa shape index (κ2) is 23.3. The largest absolute Gasteiger partial charge is 0.715 e. The normalized spacial score (nSPS) is 16.4. The highest BCUT2D eigenvalue weighted by Gasteiger charge is 2.72. The van der Waals surface area contributed by atoms with Crippen molar-refractivity contribution in [2.24, 2.45) is 0 Å². The van der Waals surface area contributed by atoms with E-state index in [1.54, 1.807) is 0 Å². The van der Waals surface area contributed by atoms with Crippen molar-refractivity contribution in [3.8, 4) is 11.5 Å². The number of para-hydroxylation sites is 2. The van der Waals surface area contributed by atoms with Crippen LogP contribution in [0.5, 0.6) is 11.5 Å². The van der Waals surface area contributed by atoms with E-state index in [-0.39, 0.29) is 10.8 Å². The molecule has 3 heterocycles. The third kappa shape index (κ3) is 12.1. The molecule has 8 nitrogen and oxygen atoms in total. The van der Waals surface area contributed by atoms with Crippen LogP contribution in [-0.4, -0.2) is 77.2 Å². The van der Waals surface area contributed by atoms with Gasteiger partial charge in [-0.15, -0.1) is 0 Å². The summed E-state index contributed by atoms with van der Waals surface area (Å²) in [5, 5.41) is 0. The second-order valence-electron chi connectivity index (χ2n) is 21.0. The molecule has 0 radical (unpaired) electrons. The molecule has 3 aromatic rings. The number of aldehydes is 2. The van der Waals surface area contributed by atoms with Crippen LogP contribution < -0.4 is 9.47 Å². The average Bonchev–Trinajstić information content (AvgIpc) is 3.59. The van der Waals surface area contributed by atoms with Crippen LogP contribution >= 0.6 is 14.3 Å². The van der Waals surface area contributed by atoms with Gasteiger partial charge in [0.1, 0.15) is 12.6 Å². The number of rotatable bonds is 30. The fourth-order valence-electron chi connectivity index (χ4n) is 11.1. The molecule has 3 aliphatic heterocycles. The Balaban J connectivity index is 1.39. The first-order valence-electron chi connectivity index (χ1n) is 26.2.